The molecule has 4 rings (SSSR count). The van der Waals surface area contributed by atoms with Gasteiger partial charge in [-0.3, -0.25) is 14.4 Å². The minimum Gasteiger partial charge on any atom is -0.494 e. The highest BCUT2D eigenvalue weighted by atomic mass is 19.1. The van der Waals surface area contributed by atoms with Crippen LogP contribution < -0.4 is 15.6 Å². The second kappa shape index (κ2) is 13.3. The van der Waals surface area contributed by atoms with Crippen molar-refractivity contribution in [2.45, 2.75) is 45.1 Å². The molecule has 0 saturated heterocycles. The van der Waals surface area contributed by atoms with Gasteiger partial charge in [-0.2, -0.15) is 5.16 Å². The Bertz CT molecular complexity index is 1460. The molecule has 1 aliphatic heterocycles. The normalized spacial score (nSPS) is 14.9. The van der Waals surface area contributed by atoms with Crippen LogP contribution in [0.4, 0.5) is 14.5 Å². The molecular formula is C30H35F2N3O7. The molecule has 2 N–H and O–H groups in total. The minimum atomic E-state index is -1.11. The molecular weight excluding hydrogens is 552 g/mol. The number of hydrogen-bond donors (Lipinski definition) is 2. The van der Waals surface area contributed by atoms with E-state index in [1.165, 1.54) is 12.0 Å². The fraction of sp³-hybridized carbons (Fsp3) is 0.433. The monoisotopic (exact) mass is 587 g/mol. The van der Waals surface area contributed by atoms with Crippen LogP contribution in [0.3, 0.4) is 0 Å². The fourth-order valence-electron chi connectivity index (χ4n) is 5.11. The zero-order valence-electron chi connectivity index (χ0n) is 24.1. The Morgan fingerprint density at radius 3 is 2.52 bits per heavy atom. The number of benzene rings is 2. The lowest BCUT2D eigenvalue weighted by atomic mass is 9.84. The molecule has 2 amide bonds. The number of aromatic amines is 1. The Labute approximate surface area is 241 Å². The molecule has 2 heterocycles. The Morgan fingerprint density at radius 1 is 1.14 bits per heavy atom. The number of hydrogen-bond acceptors (Lipinski definition) is 7. The predicted octanol–water partition coefficient (Wildman–Crippen LogP) is 3.89. The van der Waals surface area contributed by atoms with Crippen molar-refractivity contribution in [3.05, 3.63) is 80.8 Å². The largest absolute Gasteiger partial charge is 0.494 e. The molecule has 3 aromatic rings. The first-order valence-electron chi connectivity index (χ1n) is 13.6. The highest BCUT2D eigenvalue weighted by molar-refractivity contribution is 5.98. The number of aromatic nitrogens is 1. The Balaban J connectivity index is 1.61. The number of methoxy groups -OCH3 is 1. The van der Waals surface area contributed by atoms with Gasteiger partial charge in [0.05, 0.1) is 32.8 Å². The smallest absolute Gasteiger partial charge is 0.280 e. The number of rotatable bonds is 12. The SMILES string of the molecule is CCOc1ccc2c(c1)CCN(C(=O)Cc1cc(=O)[nH]o1)C2C(=O)Nc1cc(F)c(C(C)(C)COCCOC)c(F)c1. The van der Waals surface area contributed by atoms with E-state index in [2.05, 4.69) is 10.5 Å². The van der Waals surface area contributed by atoms with Gasteiger partial charge in [-0.05, 0) is 48.7 Å². The summed E-state index contributed by atoms with van der Waals surface area (Å²) in [6, 6.07) is 7.38. The van der Waals surface area contributed by atoms with Gasteiger partial charge in [-0.25, -0.2) is 8.78 Å². The van der Waals surface area contributed by atoms with Crippen molar-refractivity contribution in [3.63, 3.8) is 0 Å². The number of carbonyl (C=O) groups is 2. The van der Waals surface area contributed by atoms with E-state index in [1.54, 1.807) is 26.0 Å². The van der Waals surface area contributed by atoms with E-state index >= 15 is 8.78 Å². The van der Waals surface area contributed by atoms with Gasteiger partial charge < -0.3 is 29.0 Å². The van der Waals surface area contributed by atoms with Crippen molar-refractivity contribution in [1.29, 1.82) is 0 Å². The molecule has 1 atom stereocenters. The zero-order chi connectivity index (χ0) is 30.4. The number of halogens is 2. The summed E-state index contributed by atoms with van der Waals surface area (Å²) in [5.41, 5.74) is -0.399. The lowest BCUT2D eigenvalue weighted by molar-refractivity contribution is -0.139. The summed E-state index contributed by atoms with van der Waals surface area (Å²) in [4.78, 5) is 39.9. The third-order valence-corrected chi connectivity index (χ3v) is 7.00. The third-order valence-electron chi connectivity index (χ3n) is 7.00. The van der Waals surface area contributed by atoms with Gasteiger partial charge in [0.15, 0.2) is 0 Å². The molecule has 226 valence electrons. The number of nitrogens with zero attached hydrogens (tertiary/aromatic N) is 1. The van der Waals surface area contributed by atoms with Crippen molar-refractivity contribution >= 4 is 17.5 Å². The Hall–Kier alpha value is -4.03. The van der Waals surface area contributed by atoms with Gasteiger partial charge in [0.25, 0.3) is 11.5 Å². The van der Waals surface area contributed by atoms with Gasteiger partial charge in [0.1, 0.15) is 29.2 Å². The summed E-state index contributed by atoms with van der Waals surface area (Å²) >= 11 is 0. The lowest BCUT2D eigenvalue weighted by Gasteiger charge is -2.36. The maximum atomic E-state index is 15.3. The summed E-state index contributed by atoms with van der Waals surface area (Å²) in [6.07, 6.45) is 0.191. The van der Waals surface area contributed by atoms with Crippen LogP contribution in [0.2, 0.25) is 0 Å². The van der Waals surface area contributed by atoms with E-state index in [4.69, 9.17) is 18.7 Å². The van der Waals surface area contributed by atoms with Crippen molar-refractivity contribution in [2.24, 2.45) is 0 Å². The van der Waals surface area contributed by atoms with Crippen LogP contribution in [0.15, 0.2) is 45.7 Å². The highest BCUT2D eigenvalue weighted by Gasteiger charge is 2.37. The molecule has 0 fully saturated rings. The lowest BCUT2D eigenvalue weighted by Crippen LogP contribution is -2.46. The molecule has 42 heavy (non-hydrogen) atoms. The molecule has 2 aromatic carbocycles. The first-order valence-corrected chi connectivity index (χ1v) is 13.6. The highest BCUT2D eigenvalue weighted by Crippen LogP contribution is 2.35. The number of nitrogens with one attached hydrogen (secondary N) is 2. The first-order chi connectivity index (χ1) is 20.0. The molecule has 0 aliphatic carbocycles. The summed E-state index contributed by atoms with van der Waals surface area (Å²) in [5, 5.41) is 4.73. The van der Waals surface area contributed by atoms with E-state index in [-0.39, 0.29) is 43.2 Å². The molecule has 0 saturated carbocycles. The van der Waals surface area contributed by atoms with Crippen LogP contribution in [0.5, 0.6) is 5.75 Å². The molecule has 1 unspecified atom stereocenters. The standard InChI is InChI=1S/C30H35F2N3O7/c1-5-41-20-6-7-22-18(12-20)8-9-35(26(37)16-21-15-25(36)34-42-21)28(22)29(38)33-19-13-23(31)27(24(32)14-19)30(2,3)17-40-11-10-39-4/h6-7,12-15,28H,5,8-11,16-17H2,1-4H3,(H,33,38)(H,34,36). The summed E-state index contributed by atoms with van der Waals surface area (Å²) in [6.45, 7) is 6.49. The van der Waals surface area contributed by atoms with Crippen LogP contribution in [-0.2, 0) is 37.3 Å². The van der Waals surface area contributed by atoms with Crippen LogP contribution in [0.25, 0.3) is 0 Å². The van der Waals surface area contributed by atoms with Gasteiger partial charge in [-0.15, -0.1) is 0 Å². The molecule has 0 spiro atoms. The van der Waals surface area contributed by atoms with Gasteiger partial charge >= 0.3 is 0 Å². The van der Waals surface area contributed by atoms with E-state index in [1.807, 2.05) is 13.0 Å². The number of carbonyl (C=O) groups excluding carboxylic acids is 2. The number of fused-ring (bicyclic) bond motifs is 1. The number of ether oxygens (including phenoxy) is 3. The van der Waals surface area contributed by atoms with E-state index < -0.39 is 40.5 Å². The second-order valence-corrected chi connectivity index (χ2v) is 10.6. The molecule has 12 heteroatoms. The van der Waals surface area contributed by atoms with Crippen molar-refractivity contribution in [1.82, 2.24) is 10.1 Å². The number of H-pyrrole nitrogens is 1. The molecule has 0 radical (unpaired) electrons. The maximum Gasteiger partial charge on any atom is 0.280 e. The summed E-state index contributed by atoms with van der Waals surface area (Å²) in [5.74, 6) is -2.05. The molecule has 1 aliphatic rings. The average Bonchev–Trinajstić information content (AvgIpc) is 3.34. The van der Waals surface area contributed by atoms with E-state index in [0.29, 0.717) is 30.9 Å². The maximum absolute atomic E-state index is 15.3. The minimum absolute atomic E-state index is 0.0524. The molecule has 1 aromatic heterocycles. The molecule has 10 nitrogen and oxygen atoms in total. The van der Waals surface area contributed by atoms with Crippen LogP contribution >= 0.6 is 0 Å². The second-order valence-electron chi connectivity index (χ2n) is 10.6. The third kappa shape index (κ3) is 7.05. The van der Waals surface area contributed by atoms with Crippen LogP contribution in [-0.4, -0.2) is 62.0 Å². The Morgan fingerprint density at radius 2 is 1.88 bits per heavy atom. The van der Waals surface area contributed by atoms with E-state index in [9.17, 15) is 14.4 Å². The number of anilines is 1. The zero-order valence-corrected chi connectivity index (χ0v) is 24.1. The van der Waals surface area contributed by atoms with Crippen LogP contribution in [0.1, 0.15) is 49.3 Å². The van der Waals surface area contributed by atoms with Crippen LogP contribution in [0, 0.1) is 11.6 Å². The summed E-state index contributed by atoms with van der Waals surface area (Å²) in [7, 11) is 1.53. The van der Waals surface area contributed by atoms with Crippen molar-refractivity contribution < 1.29 is 37.1 Å². The van der Waals surface area contributed by atoms with Gasteiger partial charge in [0.2, 0.25) is 5.91 Å². The number of amides is 2. The van der Waals surface area contributed by atoms with E-state index in [0.717, 1.165) is 23.8 Å². The Kier molecular flexibility index (Phi) is 9.79. The quantitative estimate of drug-likeness (QED) is 0.308. The molecule has 0 bridgehead atoms. The predicted molar refractivity (Wildman–Crippen MR) is 150 cm³/mol. The summed E-state index contributed by atoms with van der Waals surface area (Å²) < 4.78 is 51.7. The van der Waals surface area contributed by atoms with Crippen molar-refractivity contribution in [3.8, 4) is 5.75 Å². The fourth-order valence-corrected chi connectivity index (χ4v) is 5.11. The van der Waals surface area contributed by atoms with Gasteiger partial charge in [-0.1, -0.05) is 19.9 Å². The van der Waals surface area contributed by atoms with Gasteiger partial charge in [0, 0.05) is 36.4 Å². The topological polar surface area (TPSA) is 123 Å². The van der Waals surface area contributed by atoms with Crippen molar-refractivity contribution in [2.75, 3.05) is 45.4 Å². The first kappa shape index (κ1) is 30.9. The average molecular weight is 588 g/mol.